The van der Waals surface area contributed by atoms with E-state index in [-0.39, 0.29) is 19.6 Å². The van der Waals surface area contributed by atoms with E-state index in [1.54, 1.807) is 0 Å². The maximum absolute atomic E-state index is 12.8. The number of hydrogen-bond acceptors (Lipinski definition) is 11. The van der Waals surface area contributed by atoms with E-state index in [0.29, 0.717) is 13.0 Å². The van der Waals surface area contributed by atoms with Crippen LogP contribution in [0.3, 0.4) is 0 Å². The fraction of sp³-hybridized carbons (Fsp3) is 0.977. The first-order valence-corrected chi connectivity index (χ1v) is 24.7. The van der Waals surface area contributed by atoms with Gasteiger partial charge in [-0.3, -0.25) is 9.35 Å². The molecule has 340 valence electrons. The lowest BCUT2D eigenvalue weighted by molar-refractivity contribution is -0.301. The Bertz CT molecular complexity index is 1020. The van der Waals surface area contributed by atoms with Crippen molar-refractivity contribution < 1.29 is 56.2 Å². The van der Waals surface area contributed by atoms with Crippen molar-refractivity contribution in [2.45, 2.75) is 250 Å². The third-order valence-electron chi connectivity index (χ3n) is 11.0. The van der Waals surface area contributed by atoms with Gasteiger partial charge in [0.2, 0.25) is 0 Å². The SMILES string of the molecule is CCCCCCCCCCCCCCCCCCCCCCCCCC(=O)OC(COCCCCCCCCC)COC1OC(CO)C(O)C(OS(=O)(=O)O)C1O. The summed E-state index contributed by atoms with van der Waals surface area (Å²) in [5.41, 5.74) is 0. The molecule has 0 aromatic carbocycles. The molecule has 1 aliphatic heterocycles. The minimum atomic E-state index is -5.05. The number of esters is 1. The van der Waals surface area contributed by atoms with Crippen molar-refractivity contribution in [3.8, 4) is 0 Å². The van der Waals surface area contributed by atoms with E-state index in [1.165, 1.54) is 148 Å². The van der Waals surface area contributed by atoms with Crippen LogP contribution in [0.5, 0.6) is 0 Å². The van der Waals surface area contributed by atoms with Crippen molar-refractivity contribution in [1.29, 1.82) is 0 Å². The molecule has 1 saturated heterocycles. The lowest BCUT2D eigenvalue weighted by Crippen LogP contribution is -2.60. The highest BCUT2D eigenvalue weighted by Crippen LogP contribution is 2.26. The first kappa shape index (κ1) is 54.1. The van der Waals surface area contributed by atoms with Gasteiger partial charge in [0.1, 0.15) is 30.5 Å². The van der Waals surface area contributed by atoms with Gasteiger partial charge in [0.05, 0.1) is 19.8 Å². The summed E-state index contributed by atoms with van der Waals surface area (Å²) in [6.45, 7) is 3.98. The molecule has 0 aliphatic carbocycles. The Balaban J connectivity index is 2.26. The highest BCUT2D eigenvalue weighted by molar-refractivity contribution is 7.80. The third kappa shape index (κ3) is 30.7. The summed E-state index contributed by atoms with van der Waals surface area (Å²) in [4.78, 5) is 12.8. The Labute approximate surface area is 347 Å². The molecule has 0 saturated carbocycles. The van der Waals surface area contributed by atoms with Crippen LogP contribution in [0.4, 0.5) is 0 Å². The maximum Gasteiger partial charge on any atom is 0.397 e. The van der Waals surface area contributed by atoms with E-state index in [9.17, 15) is 28.5 Å². The Morgan fingerprint density at radius 3 is 1.40 bits per heavy atom. The van der Waals surface area contributed by atoms with Crippen LogP contribution in [0.2, 0.25) is 0 Å². The van der Waals surface area contributed by atoms with E-state index >= 15 is 0 Å². The van der Waals surface area contributed by atoms with Gasteiger partial charge < -0.3 is 34.3 Å². The third-order valence-corrected chi connectivity index (χ3v) is 11.4. The van der Waals surface area contributed by atoms with Crippen LogP contribution in [0.1, 0.15) is 213 Å². The summed E-state index contributed by atoms with van der Waals surface area (Å²) >= 11 is 0. The number of hydrogen-bond donors (Lipinski definition) is 4. The molecule has 6 unspecified atom stereocenters. The molecule has 0 radical (unpaired) electrons. The molecular weight excluding hydrogens is 753 g/mol. The van der Waals surface area contributed by atoms with E-state index in [4.69, 9.17) is 23.5 Å². The number of aliphatic hydroxyl groups is 3. The molecule has 0 spiro atoms. The van der Waals surface area contributed by atoms with Gasteiger partial charge in [0.25, 0.3) is 0 Å². The molecule has 1 heterocycles. The summed E-state index contributed by atoms with van der Waals surface area (Å²) in [7, 11) is -5.05. The van der Waals surface area contributed by atoms with E-state index in [2.05, 4.69) is 18.0 Å². The molecule has 6 atom stereocenters. The number of aliphatic hydroxyl groups excluding tert-OH is 3. The number of rotatable bonds is 41. The van der Waals surface area contributed by atoms with Gasteiger partial charge in [-0.1, -0.05) is 194 Å². The van der Waals surface area contributed by atoms with Gasteiger partial charge in [-0.05, 0) is 12.8 Å². The average molecular weight is 839 g/mol. The second-order valence-corrected chi connectivity index (χ2v) is 17.4. The van der Waals surface area contributed by atoms with Gasteiger partial charge in [-0.25, -0.2) is 4.18 Å². The van der Waals surface area contributed by atoms with Crippen LogP contribution >= 0.6 is 0 Å². The normalized spacial score (nSPS) is 20.6. The van der Waals surface area contributed by atoms with Crippen LogP contribution in [0, 0.1) is 0 Å². The number of carbonyl (C=O) groups excluding carboxylic acids is 1. The van der Waals surface area contributed by atoms with E-state index in [0.717, 1.165) is 38.5 Å². The smallest absolute Gasteiger partial charge is 0.397 e. The standard InChI is InChI=1S/C44H86O12S/c1-3-5-7-9-11-12-13-14-15-16-17-18-19-20-21-22-23-24-25-26-27-29-31-33-40(46)54-38(36-52-34-32-30-28-10-8-6-4-2)37-53-44-42(48)43(56-57(49,50)51)41(47)39(35-45)55-44/h38-39,41-45,47-48H,3-37H2,1-2H3,(H,49,50,51). The molecule has 4 N–H and O–H groups in total. The van der Waals surface area contributed by atoms with Crippen LogP contribution in [-0.2, 0) is 38.3 Å². The van der Waals surface area contributed by atoms with Crippen LogP contribution in [0.25, 0.3) is 0 Å². The topological polar surface area (TPSA) is 178 Å². The van der Waals surface area contributed by atoms with Crippen molar-refractivity contribution in [2.24, 2.45) is 0 Å². The first-order chi connectivity index (χ1) is 27.6. The first-order valence-electron chi connectivity index (χ1n) is 23.3. The second-order valence-electron chi connectivity index (χ2n) is 16.4. The Kier molecular flexibility index (Phi) is 35.0. The Hall–Kier alpha value is -0.900. The summed E-state index contributed by atoms with van der Waals surface area (Å²) in [5.74, 6) is -0.395. The largest absolute Gasteiger partial charge is 0.457 e. The molecule has 13 heteroatoms. The van der Waals surface area contributed by atoms with Crippen molar-refractivity contribution in [3.05, 3.63) is 0 Å². The lowest BCUT2D eigenvalue weighted by Gasteiger charge is -2.41. The van der Waals surface area contributed by atoms with Gasteiger partial charge in [0, 0.05) is 13.0 Å². The van der Waals surface area contributed by atoms with Gasteiger partial charge in [-0.15, -0.1) is 0 Å². The number of ether oxygens (including phenoxy) is 4. The van der Waals surface area contributed by atoms with E-state index < -0.39 is 59.8 Å². The van der Waals surface area contributed by atoms with Crippen LogP contribution in [0.15, 0.2) is 0 Å². The molecule has 1 fully saturated rings. The summed E-state index contributed by atoms with van der Waals surface area (Å²) in [6.07, 6.45) is 28.9. The number of unbranched alkanes of at least 4 members (excludes halogenated alkanes) is 28. The minimum absolute atomic E-state index is 0.0425. The molecule has 1 aliphatic rings. The summed E-state index contributed by atoms with van der Waals surface area (Å²) in [5, 5.41) is 30.6. The van der Waals surface area contributed by atoms with Gasteiger partial charge >= 0.3 is 16.4 Å². The molecule has 0 aromatic rings. The molecule has 0 amide bonds. The fourth-order valence-electron chi connectivity index (χ4n) is 7.44. The Morgan fingerprint density at radius 1 is 0.596 bits per heavy atom. The van der Waals surface area contributed by atoms with Crippen molar-refractivity contribution in [1.82, 2.24) is 0 Å². The molecule has 12 nitrogen and oxygen atoms in total. The van der Waals surface area contributed by atoms with Crippen molar-refractivity contribution in [3.63, 3.8) is 0 Å². The highest BCUT2D eigenvalue weighted by atomic mass is 32.3. The Morgan fingerprint density at radius 2 is 1.00 bits per heavy atom. The molecule has 0 aromatic heterocycles. The average Bonchev–Trinajstić information content (AvgIpc) is 3.18. The van der Waals surface area contributed by atoms with Gasteiger partial charge in [-0.2, -0.15) is 8.42 Å². The van der Waals surface area contributed by atoms with Crippen LogP contribution < -0.4 is 0 Å². The maximum atomic E-state index is 12.8. The lowest BCUT2D eigenvalue weighted by atomic mass is 9.99. The zero-order valence-electron chi connectivity index (χ0n) is 36.2. The predicted octanol–water partition coefficient (Wildman–Crippen LogP) is 9.69. The molecule has 1 rings (SSSR count). The summed E-state index contributed by atoms with van der Waals surface area (Å²) in [6, 6.07) is 0. The minimum Gasteiger partial charge on any atom is -0.457 e. The highest BCUT2D eigenvalue weighted by Gasteiger charge is 2.48. The zero-order valence-corrected chi connectivity index (χ0v) is 37.0. The molecular formula is C44H86O12S. The monoisotopic (exact) mass is 839 g/mol. The molecule has 0 bridgehead atoms. The summed E-state index contributed by atoms with van der Waals surface area (Å²) < 4.78 is 58.8. The van der Waals surface area contributed by atoms with Gasteiger partial charge in [0.15, 0.2) is 6.29 Å². The van der Waals surface area contributed by atoms with Crippen molar-refractivity contribution >= 4 is 16.4 Å². The van der Waals surface area contributed by atoms with E-state index in [1.807, 2.05) is 0 Å². The second kappa shape index (κ2) is 36.9. The van der Waals surface area contributed by atoms with Crippen LogP contribution in [-0.4, -0.2) is 97.5 Å². The fourth-order valence-corrected chi connectivity index (χ4v) is 7.95. The zero-order chi connectivity index (χ0) is 41.8. The predicted molar refractivity (Wildman–Crippen MR) is 225 cm³/mol. The molecule has 57 heavy (non-hydrogen) atoms. The quantitative estimate of drug-likeness (QED) is 0.0261. The number of carbonyl (C=O) groups is 1. The van der Waals surface area contributed by atoms with Crippen molar-refractivity contribution in [2.75, 3.05) is 26.4 Å².